The normalized spacial score (nSPS) is 11.3. The molecule has 0 aromatic heterocycles. The molecule has 23 heavy (non-hydrogen) atoms. The van der Waals surface area contributed by atoms with Gasteiger partial charge in [-0.25, -0.2) is 0 Å². The Kier molecular flexibility index (Phi) is 7.93. The maximum Gasteiger partial charge on any atom is 0.220 e. The van der Waals surface area contributed by atoms with Crippen molar-refractivity contribution in [3.63, 3.8) is 0 Å². The average molecular weight is 321 g/mol. The molecule has 130 valence electrons. The van der Waals surface area contributed by atoms with Gasteiger partial charge in [0.15, 0.2) is 11.5 Å². The molecule has 0 aliphatic carbocycles. The van der Waals surface area contributed by atoms with E-state index < -0.39 is 0 Å². The van der Waals surface area contributed by atoms with Crippen LogP contribution in [-0.2, 0) is 11.3 Å². The van der Waals surface area contributed by atoms with Gasteiger partial charge in [0.2, 0.25) is 5.91 Å². The van der Waals surface area contributed by atoms with Gasteiger partial charge < -0.3 is 15.2 Å². The highest BCUT2D eigenvalue weighted by Gasteiger charge is 2.09. The lowest BCUT2D eigenvalue weighted by molar-refractivity contribution is -0.121. The Balaban J connectivity index is 2.17. The summed E-state index contributed by atoms with van der Waals surface area (Å²) in [5.74, 6) is 0.612. The van der Waals surface area contributed by atoms with Crippen LogP contribution in [0.4, 0.5) is 0 Å². The summed E-state index contributed by atoms with van der Waals surface area (Å²) in [6.07, 6.45) is 6.29. The largest absolute Gasteiger partial charge is 0.504 e. The Bertz CT molecular complexity index is 492. The van der Waals surface area contributed by atoms with Gasteiger partial charge in [-0.15, -0.1) is 0 Å². The molecule has 4 nitrogen and oxygen atoms in total. The summed E-state index contributed by atoms with van der Waals surface area (Å²) in [6, 6.07) is 5.10. The molecule has 0 radical (unpaired) electrons. The summed E-state index contributed by atoms with van der Waals surface area (Å²) in [6.45, 7) is 7.25. The second kappa shape index (κ2) is 9.43. The van der Waals surface area contributed by atoms with Gasteiger partial charge in [-0.2, -0.15) is 0 Å². The van der Waals surface area contributed by atoms with Crippen molar-refractivity contribution in [1.82, 2.24) is 5.32 Å². The van der Waals surface area contributed by atoms with Crippen LogP contribution in [0.25, 0.3) is 0 Å². The van der Waals surface area contributed by atoms with Crippen molar-refractivity contribution in [1.29, 1.82) is 0 Å². The van der Waals surface area contributed by atoms with Gasteiger partial charge in [-0.05, 0) is 36.0 Å². The fourth-order valence-electron chi connectivity index (χ4n) is 2.42. The summed E-state index contributed by atoms with van der Waals surface area (Å²) in [4.78, 5) is 11.8. The smallest absolute Gasteiger partial charge is 0.220 e. The van der Waals surface area contributed by atoms with Crippen LogP contribution in [0.1, 0.15) is 64.9 Å². The zero-order chi connectivity index (χ0) is 17.3. The first-order valence-electron chi connectivity index (χ1n) is 8.44. The Labute approximate surface area is 140 Å². The second-order valence-electron chi connectivity index (χ2n) is 7.26. The number of aromatic hydroxyl groups is 1. The lowest BCUT2D eigenvalue weighted by atomic mass is 9.89. The van der Waals surface area contributed by atoms with Crippen molar-refractivity contribution in [2.75, 3.05) is 7.11 Å². The number of nitrogens with one attached hydrogen (secondary N) is 1. The van der Waals surface area contributed by atoms with Gasteiger partial charge in [0, 0.05) is 13.0 Å². The standard InChI is InChI=1S/C19H31NO3/c1-19(2,3)12-8-6-5-7-9-18(22)20-14-15-10-11-16(21)17(13-15)23-4/h10-11,13,21H,5-9,12,14H2,1-4H3,(H,20,22). The lowest BCUT2D eigenvalue weighted by Crippen LogP contribution is -2.22. The number of benzene rings is 1. The Hall–Kier alpha value is -1.71. The summed E-state index contributed by atoms with van der Waals surface area (Å²) in [5.41, 5.74) is 1.32. The van der Waals surface area contributed by atoms with E-state index in [0.717, 1.165) is 18.4 Å². The molecule has 0 fully saturated rings. The van der Waals surface area contributed by atoms with E-state index in [-0.39, 0.29) is 11.7 Å². The van der Waals surface area contributed by atoms with E-state index in [9.17, 15) is 9.90 Å². The first kappa shape index (κ1) is 19.3. The van der Waals surface area contributed by atoms with Crippen LogP contribution in [0.3, 0.4) is 0 Å². The molecular weight excluding hydrogens is 290 g/mol. The van der Waals surface area contributed by atoms with E-state index >= 15 is 0 Å². The molecule has 0 spiro atoms. The zero-order valence-electron chi connectivity index (χ0n) is 14.9. The minimum atomic E-state index is 0.0767. The molecule has 0 unspecified atom stereocenters. The Morgan fingerprint density at radius 2 is 1.87 bits per heavy atom. The predicted molar refractivity (Wildman–Crippen MR) is 93.7 cm³/mol. The van der Waals surface area contributed by atoms with Crippen LogP contribution in [0.15, 0.2) is 18.2 Å². The van der Waals surface area contributed by atoms with Gasteiger partial charge in [-0.3, -0.25) is 4.79 Å². The molecule has 0 aliphatic rings. The first-order chi connectivity index (χ1) is 10.8. The summed E-state index contributed by atoms with van der Waals surface area (Å²) >= 11 is 0. The number of carbonyl (C=O) groups excluding carboxylic acids is 1. The van der Waals surface area contributed by atoms with E-state index in [2.05, 4.69) is 26.1 Å². The molecule has 0 aliphatic heterocycles. The third kappa shape index (κ3) is 8.48. The number of amides is 1. The van der Waals surface area contributed by atoms with Gasteiger partial charge in [0.05, 0.1) is 7.11 Å². The maximum atomic E-state index is 11.8. The molecule has 1 aromatic carbocycles. The highest BCUT2D eigenvalue weighted by molar-refractivity contribution is 5.75. The Morgan fingerprint density at radius 1 is 1.17 bits per heavy atom. The maximum absolute atomic E-state index is 11.8. The van der Waals surface area contributed by atoms with Gasteiger partial charge in [0.1, 0.15) is 0 Å². The van der Waals surface area contributed by atoms with Crippen LogP contribution in [-0.4, -0.2) is 18.1 Å². The SMILES string of the molecule is COc1cc(CNC(=O)CCCCCCC(C)(C)C)ccc1O. The summed E-state index contributed by atoms with van der Waals surface area (Å²) in [5, 5.41) is 12.4. The first-order valence-corrected chi connectivity index (χ1v) is 8.44. The van der Waals surface area contributed by atoms with Crippen molar-refractivity contribution in [3.8, 4) is 11.5 Å². The number of methoxy groups -OCH3 is 1. The van der Waals surface area contributed by atoms with E-state index in [0.29, 0.717) is 24.1 Å². The molecule has 0 atom stereocenters. The van der Waals surface area contributed by atoms with Crippen molar-refractivity contribution in [2.24, 2.45) is 5.41 Å². The van der Waals surface area contributed by atoms with Crippen molar-refractivity contribution < 1.29 is 14.6 Å². The number of rotatable bonds is 9. The number of ether oxygens (including phenoxy) is 1. The van der Waals surface area contributed by atoms with Crippen LogP contribution < -0.4 is 10.1 Å². The zero-order valence-corrected chi connectivity index (χ0v) is 14.9. The number of hydrogen-bond donors (Lipinski definition) is 2. The minimum Gasteiger partial charge on any atom is -0.504 e. The molecule has 1 aromatic rings. The summed E-state index contributed by atoms with van der Waals surface area (Å²) in [7, 11) is 1.51. The summed E-state index contributed by atoms with van der Waals surface area (Å²) < 4.78 is 5.06. The van der Waals surface area contributed by atoms with Crippen LogP contribution in [0.2, 0.25) is 0 Å². The van der Waals surface area contributed by atoms with Gasteiger partial charge >= 0.3 is 0 Å². The van der Waals surface area contributed by atoms with Gasteiger partial charge in [0.25, 0.3) is 0 Å². The molecule has 2 N–H and O–H groups in total. The highest BCUT2D eigenvalue weighted by atomic mass is 16.5. The molecule has 1 amide bonds. The average Bonchev–Trinajstić information content (AvgIpc) is 2.48. The highest BCUT2D eigenvalue weighted by Crippen LogP contribution is 2.26. The lowest BCUT2D eigenvalue weighted by Gasteiger charge is -2.17. The number of hydrogen-bond acceptors (Lipinski definition) is 3. The van der Waals surface area contributed by atoms with Crippen LogP contribution >= 0.6 is 0 Å². The van der Waals surface area contributed by atoms with E-state index in [4.69, 9.17) is 4.74 Å². The predicted octanol–water partition coefficient (Wildman–Crippen LogP) is 4.40. The quantitative estimate of drug-likeness (QED) is 0.663. The molecule has 0 bridgehead atoms. The third-order valence-corrected chi connectivity index (χ3v) is 3.81. The monoisotopic (exact) mass is 321 g/mol. The Morgan fingerprint density at radius 3 is 2.52 bits per heavy atom. The van der Waals surface area contributed by atoms with Gasteiger partial charge in [-0.1, -0.05) is 46.1 Å². The van der Waals surface area contributed by atoms with Crippen LogP contribution in [0, 0.1) is 5.41 Å². The third-order valence-electron chi connectivity index (χ3n) is 3.81. The number of unbranched alkanes of at least 4 members (excludes halogenated alkanes) is 3. The van der Waals surface area contributed by atoms with Crippen LogP contribution in [0.5, 0.6) is 11.5 Å². The molecule has 4 heteroatoms. The van der Waals surface area contributed by atoms with E-state index in [1.807, 2.05) is 0 Å². The fraction of sp³-hybridized carbons (Fsp3) is 0.632. The molecule has 0 saturated heterocycles. The van der Waals surface area contributed by atoms with E-state index in [1.54, 1.807) is 18.2 Å². The minimum absolute atomic E-state index is 0.0767. The van der Waals surface area contributed by atoms with E-state index in [1.165, 1.54) is 26.4 Å². The molecule has 0 heterocycles. The second-order valence-corrected chi connectivity index (χ2v) is 7.26. The topological polar surface area (TPSA) is 58.6 Å². The number of phenolic OH excluding ortho intramolecular Hbond substituents is 1. The van der Waals surface area contributed by atoms with Crippen molar-refractivity contribution in [2.45, 2.75) is 65.8 Å². The molecule has 0 saturated carbocycles. The fourth-order valence-corrected chi connectivity index (χ4v) is 2.42. The number of phenols is 1. The molecule has 1 rings (SSSR count). The van der Waals surface area contributed by atoms with Crippen molar-refractivity contribution in [3.05, 3.63) is 23.8 Å². The van der Waals surface area contributed by atoms with Crippen molar-refractivity contribution >= 4 is 5.91 Å². The molecular formula is C19H31NO3. The number of carbonyl (C=O) groups is 1.